The van der Waals surface area contributed by atoms with Gasteiger partial charge < -0.3 is 14.9 Å². The number of benzene rings is 1. The average Bonchev–Trinajstić information content (AvgIpc) is 3.40. The molecule has 1 aromatic carbocycles. The molecule has 12 heteroatoms. The molecule has 0 aliphatic carbocycles. The van der Waals surface area contributed by atoms with Crippen molar-refractivity contribution in [1.82, 2.24) is 24.5 Å². The van der Waals surface area contributed by atoms with E-state index < -0.39 is 22.7 Å². The van der Waals surface area contributed by atoms with Crippen LogP contribution >= 0.6 is 27.5 Å². The van der Waals surface area contributed by atoms with E-state index >= 15 is 0 Å². The zero-order valence-corrected chi connectivity index (χ0v) is 22.3. The number of pyridine rings is 1. The molecule has 1 unspecified atom stereocenters. The highest BCUT2D eigenvalue weighted by Crippen LogP contribution is 2.39. The highest BCUT2D eigenvalue weighted by molar-refractivity contribution is 9.10. The molecule has 36 heavy (non-hydrogen) atoms. The Morgan fingerprint density at radius 2 is 1.94 bits per heavy atom. The van der Waals surface area contributed by atoms with Crippen LogP contribution in [0.25, 0.3) is 11.3 Å². The summed E-state index contributed by atoms with van der Waals surface area (Å²) in [6, 6.07) is 5.79. The topological polar surface area (TPSA) is 101 Å². The molecule has 0 spiro atoms. The van der Waals surface area contributed by atoms with Gasteiger partial charge in [-0.2, -0.15) is 10.2 Å². The number of halogens is 3. The minimum atomic E-state index is -0.762. The summed E-state index contributed by atoms with van der Waals surface area (Å²) >= 11 is 9.69. The number of hydrogen-bond acceptors (Lipinski definition) is 6. The van der Waals surface area contributed by atoms with Gasteiger partial charge in [0.25, 0.3) is 0 Å². The maximum absolute atomic E-state index is 14.4. The van der Waals surface area contributed by atoms with Crippen LogP contribution < -0.4 is 4.74 Å². The van der Waals surface area contributed by atoms with E-state index in [0.29, 0.717) is 33.0 Å². The predicted octanol–water partition coefficient (Wildman–Crippen LogP) is 6.45. The highest BCUT2D eigenvalue weighted by Gasteiger charge is 2.26. The summed E-state index contributed by atoms with van der Waals surface area (Å²) < 4.78 is 24.3. The molecule has 9 nitrogen and oxygen atoms in total. The van der Waals surface area contributed by atoms with Crippen LogP contribution in [-0.4, -0.2) is 29.5 Å². The maximum Gasteiger partial charge on any atom is 0.406 e. The number of ether oxygens (including phenoxy) is 1. The van der Waals surface area contributed by atoms with E-state index in [1.165, 1.54) is 24.4 Å². The SMILES string of the molecule is CCn1cc(C(C)c2cn(C)nc2-c2ccc(F)cc2[C@@H](C)Oc2cc(Br)cnc2[N+](=O)[O-])c(Cl)n1. The Labute approximate surface area is 220 Å². The van der Waals surface area contributed by atoms with E-state index in [1.54, 1.807) is 29.4 Å². The van der Waals surface area contributed by atoms with Crippen LogP contribution in [0.15, 0.2) is 47.3 Å². The van der Waals surface area contributed by atoms with Gasteiger partial charge in [0, 0.05) is 60.2 Å². The van der Waals surface area contributed by atoms with Crippen molar-refractivity contribution < 1.29 is 14.1 Å². The third kappa shape index (κ3) is 5.12. The van der Waals surface area contributed by atoms with E-state index in [1.807, 2.05) is 26.2 Å². The van der Waals surface area contributed by atoms with Crippen LogP contribution in [0.3, 0.4) is 0 Å². The zero-order valence-electron chi connectivity index (χ0n) is 19.9. The average molecular weight is 578 g/mol. The summed E-state index contributed by atoms with van der Waals surface area (Å²) in [4.78, 5) is 14.7. The molecule has 0 N–H and O–H groups in total. The van der Waals surface area contributed by atoms with Crippen molar-refractivity contribution in [3.05, 3.63) is 85.1 Å². The molecule has 0 saturated heterocycles. The summed E-state index contributed by atoms with van der Waals surface area (Å²) in [5.41, 5.74) is 3.45. The predicted molar refractivity (Wildman–Crippen MR) is 137 cm³/mol. The van der Waals surface area contributed by atoms with Crippen LogP contribution in [-0.2, 0) is 13.6 Å². The lowest BCUT2D eigenvalue weighted by atomic mass is 9.91. The minimum absolute atomic E-state index is 0.0366. The lowest BCUT2D eigenvalue weighted by Gasteiger charge is -2.19. The second-order valence-corrected chi connectivity index (χ2v) is 9.56. The lowest BCUT2D eigenvalue weighted by molar-refractivity contribution is -0.390. The van der Waals surface area contributed by atoms with E-state index in [2.05, 4.69) is 31.1 Å². The first-order chi connectivity index (χ1) is 17.1. The Kier molecular flexibility index (Phi) is 7.41. The van der Waals surface area contributed by atoms with Crippen molar-refractivity contribution in [2.45, 2.75) is 39.3 Å². The van der Waals surface area contributed by atoms with Crippen molar-refractivity contribution in [2.24, 2.45) is 7.05 Å². The Morgan fingerprint density at radius 1 is 1.19 bits per heavy atom. The first kappa shape index (κ1) is 25.8. The molecular weight excluding hydrogens is 555 g/mol. The largest absolute Gasteiger partial charge is 0.478 e. The van der Waals surface area contributed by atoms with Crippen molar-refractivity contribution in [2.75, 3.05) is 0 Å². The first-order valence-electron chi connectivity index (χ1n) is 11.1. The van der Waals surface area contributed by atoms with Crippen molar-refractivity contribution in [3.63, 3.8) is 0 Å². The third-order valence-electron chi connectivity index (χ3n) is 5.84. The number of hydrogen-bond donors (Lipinski definition) is 0. The maximum atomic E-state index is 14.4. The van der Waals surface area contributed by atoms with Gasteiger partial charge in [-0.3, -0.25) is 9.36 Å². The van der Waals surface area contributed by atoms with Crippen LogP contribution in [0.5, 0.6) is 5.75 Å². The molecule has 0 fully saturated rings. The number of rotatable bonds is 8. The Bertz CT molecular complexity index is 1440. The Morgan fingerprint density at radius 3 is 2.61 bits per heavy atom. The van der Waals surface area contributed by atoms with E-state index in [-0.39, 0.29) is 11.7 Å². The smallest absolute Gasteiger partial charge is 0.406 e. The molecule has 0 amide bonds. The van der Waals surface area contributed by atoms with Crippen LogP contribution in [0.1, 0.15) is 49.5 Å². The van der Waals surface area contributed by atoms with Crippen LogP contribution in [0, 0.1) is 15.9 Å². The molecule has 0 bridgehead atoms. The van der Waals surface area contributed by atoms with Gasteiger partial charge in [0.05, 0.1) is 10.2 Å². The first-order valence-corrected chi connectivity index (χ1v) is 12.3. The zero-order chi connectivity index (χ0) is 26.1. The fourth-order valence-electron chi connectivity index (χ4n) is 4.04. The van der Waals surface area contributed by atoms with Crippen molar-refractivity contribution in [3.8, 4) is 17.0 Å². The molecule has 4 rings (SSSR count). The van der Waals surface area contributed by atoms with Gasteiger partial charge >= 0.3 is 5.82 Å². The fourth-order valence-corrected chi connectivity index (χ4v) is 4.66. The normalized spacial score (nSPS) is 13.0. The number of nitrogens with zero attached hydrogens (tertiary/aromatic N) is 6. The summed E-state index contributed by atoms with van der Waals surface area (Å²) in [6.45, 7) is 6.35. The number of aryl methyl sites for hydroxylation is 2. The fraction of sp³-hybridized carbons (Fsp3) is 0.292. The van der Waals surface area contributed by atoms with Gasteiger partial charge in [0.15, 0.2) is 11.3 Å². The second kappa shape index (κ2) is 10.4. The Balaban J connectivity index is 1.78. The van der Waals surface area contributed by atoms with Gasteiger partial charge in [-0.1, -0.05) is 18.5 Å². The van der Waals surface area contributed by atoms with Gasteiger partial charge in [0.2, 0.25) is 5.75 Å². The molecule has 0 radical (unpaired) electrons. The monoisotopic (exact) mass is 576 g/mol. The summed E-state index contributed by atoms with van der Waals surface area (Å²) in [5, 5.41) is 20.9. The lowest BCUT2D eigenvalue weighted by Crippen LogP contribution is -2.09. The van der Waals surface area contributed by atoms with Crippen molar-refractivity contribution in [1.29, 1.82) is 0 Å². The van der Waals surface area contributed by atoms with Gasteiger partial charge in [0.1, 0.15) is 11.9 Å². The third-order valence-corrected chi connectivity index (χ3v) is 6.57. The van der Waals surface area contributed by atoms with E-state index in [9.17, 15) is 14.5 Å². The van der Waals surface area contributed by atoms with Gasteiger partial charge in [-0.15, -0.1) is 0 Å². The molecule has 0 aliphatic rings. The van der Waals surface area contributed by atoms with Gasteiger partial charge in [-0.05, 0) is 57.9 Å². The number of nitro groups is 1. The molecule has 188 valence electrons. The molecular formula is C24H23BrClFN6O3. The Hall–Kier alpha value is -3.31. The summed E-state index contributed by atoms with van der Waals surface area (Å²) in [6.07, 6.45) is 4.35. The van der Waals surface area contributed by atoms with E-state index in [0.717, 1.165) is 11.1 Å². The molecule has 3 heterocycles. The molecule has 0 saturated carbocycles. The van der Waals surface area contributed by atoms with Crippen LogP contribution in [0.2, 0.25) is 5.15 Å². The summed E-state index contributed by atoms with van der Waals surface area (Å²) in [7, 11) is 1.80. The number of aromatic nitrogens is 5. The summed E-state index contributed by atoms with van der Waals surface area (Å²) in [5.74, 6) is -1.10. The molecule has 4 aromatic rings. The van der Waals surface area contributed by atoms with E-state index in [4.69, 9.17) is 16.3 Å². The van der Waals surface area contributed by atoms with Gasteiger partial charge in [-0.25, -0.2) is 4.39 Å². The quantitative estimate of drug-likeness (QED) is 0.176. The molecule has 2 atom stereocenters. The standard InChI is InChI=1S/C24H23BrClFN6O3/c1-5-32-12-20(23(26)30-32)13(2)19-11-31(4)29-22(19)17-7-6-16(27)9-18(17)14(3)36-21-8-15(25)10-28-24(21)33(34)35/h6-14H,5H2,1-4H3/t13?,14-/m1/s1. The molecule has 0 aliphatic heterocycles. The van der Waals surface area contributed by atoms with Crippen LogP contribution in [0.4, 0.5) is 10.2 Å². The molecule has 3 aromatic heterocycles. The highest BCUT2D eigenvalue weighted by atomic mass is 79.9. The minimum Gasteiger partial charge on any atom is -0.478 e. The second-order valence-electron chi connectivity index (χ2n) is 8.28. The van der Waals surface area contributed by atoms with Crippen molar-refractivity contribution >= 4 is 33.3 Å².